The Hall–Kier alpha value is -0.900. The van der Waals surface area contributed by atoms with Crippen LogP contribution in [0, 0.1) is 6.92 Å². The number of rotatable bonds is 5. The van der Waals surface area contributed by atoms with Gasteiger partial charge in [0.2, 0.25) is 0 Å². The van der Waals surface area contributed by atoms with E-state index in [0.717, 1.165) is 23.3 Å². The maximum Gasteiger partial charge on any atom is 0.287 e. The molecule has 94 valence electrons. The van der Waals surface area contributed by atoms with Crippen LogP contribution in [-0.2, 0) is 0 Å². The SMILES string of the molecule is Cc1ccc(C(=O)NCCSC2CCCC2)o1. The summed E-state index contributed by atoms with van der Waals surface area (Å²) < 4.78 is 5.26. The summed E-state index contributed by atoms with van der Waals surface area (Å²) in [6, 6.07) is 3.52. The number of thioether (sulfide) groups is 1. The second-order valence-electron chi connectivity index (χ2n) is 4.44. The molecule has 0 atom stereocenters. The zero-order chi connectivity index (χ0) is 12.1. The van der Waals surface area contributed by atoms with Crippen molar-refractivity contribution in [3.63, 3.8) is 0 Å². The first-order valence-corrected chi connectivity index (χ1v) is 7.27. The Morgan fingerprint density at radius 2 is 2.24 bits per heavy atom. The number of hydrogen-bond donors (Lipinski definition) is 1. The molecule has 0 aromatic carbocycles. The molecule has 3 nitrogen and oxygen atoms in total. The van der Waals surface area contributed by atoms with Gasteiger partial charge < -0.3 is 9.73 Å². The van der Waals surface area contributed by atoms with Gasteiger partial charge >= 0.3 is 0 Å². The van der Waals surface area contributed by atoms with Crippen LogP contribution in [0.2, 0.25) is 0 Å². The normalized spacial score (nSPS) is 16.3. The first-order valence-electron chi connectivity index (χ1n) is 6.22. The fraction of sp³-hybridized carbons (Fsp3) is 0.615. The third kappa shape index (κ3) is 3.80. The fourth-order valence-corrected chi connectivity index (χ4v) is 3.31. The topological polar surface area (TPSA) is 42.2 Å². The van der Waals surface area contributed by atoms with Crippen molar-refractivity contribution in [3.05, 3.63) is 23.7 Å². The minimum absolute atomic E-state index is 0.106. The van der Waals surface area contributed by atoms with Gasteiger partial charge in [-0.25, -0.2) is 0 Å². The Morgan fingerprint density at radius 3 is 2.88 bits per heavy atom. The van der Waals surface area contributed by atoms with Gasteiger partial charge in [-0.3, -0.25) is 4.79 Å². The molecule has 0 saturated heterocycles. The second kappa shape index (κ2) is 6.15. The van der Waals surface area contributed by atoms with Crippen molar-refractivity contribution in [1.29, 1.82) is 0 Å². The lowest BCUT2D eigenvalue weighted by atomic mass is 10.4. The van der Waals surface area contributed by atoms with Gasteiger partial charge in [0.15, 0.2) is 5.76 Å². The molecule has 1 N–H and O–H groups in total. The molecule has 0 radical (unpaired) electrons. The number of carbonyl (C=O) groups excluding carboxylic acids is 1. The Bertz CT molecular complexity index is 369. The second-order valence-corrected chi connectivity index (χ2v) is 5.85. The molecule has 1 amide bonds. The average Bonchev–Trinajstić information content (AvgIpc) is 2.95. The molecule has 1 aliphatic rings. The van der Waals surface area contributed by atoms with Crippen molar-refractivity contribution in [3.8, 4) is 0 Å². The van der Waals surface area contributed by atoms with E-state index in [1.165, 1.54) is 25.7 Å². The van der Waals surface area contributed by atoms with Crippen molar-refractivity contribution in [2.75, 3.05) is 12.3 Å². The lowest BCUT2D eigenvalue weighted by Gasteiger charge is -2.08. The third-order valence-electron chi connectivity index (χ3n) is 3.01. The van der Waals surface area contributed by atoms with Crippen LogP contribution < -0.4 is 5.32 Å². The van der Waals surface area contributed by atoms with Gasteiger partial charge in [0.1, 0.15) is 5.76 Å². The maximum absolute atomic E-state index is 11.6. The van der Waals surface area contributed by atoms with Crippen LogP contribution in [0.25, 0.3) is 0 Å². The molecule has 1 heterocycles. The summed E-state index contributed by atoms with van der Waals surface area (Å²) in [5, 5.41) is 3.70. The summed E-state index contributed by atoms with van der Waals surface area (Å²) in [6.45, 7) is 2.56. The van der Waals surface area contributed by atoms with E-state index in [4.69, 9.17) is 4.42 Å². The van der Waals surface area contributed by atoms with Crippen LogP contribution in [0.1, 0.15) is 42.0 Å². The Kier molecular flexibility index (Phi) is 4.54. The molecular weight excluding hydrogens is 234 g/mol. The Morgan fingerprint density at radius 1 is 1.47 bits per heavy atom. The van der Waals surface area contributed by atoms with Crippen LogP contribution in [-0.4, -0.2) is 23.5 Å². The fourth-order valence-electron chi connectivity index (χ4n) is 2.09. The van der Waals surface area contributed by atoms with Gasteiger partial charge in [0.25, 0.3) is 5.91 Å². The third-order valence-corrected chi connectivity index (χ3v) is 4.39. The van der Waals surface area contributed by atoms with Crippen molar-refractivity contribution in [2.24, 2.45) is 0 Å². The molecule has 1 aliphatic carbocycles. The number of hydrogen-bond acceptors (Lipinski definition) is 3. The summed E-state index contributed by atoms with van der Waals surface area (Å²) in [5.74, 6) is 2.07. The summed E-state index contributed by atoms with van der Waals surface area (Å²) >= 11 is 1.98. The highest BCUT2D eigenvalue weighted by Crippen LogP contribution is 2.28. The maximum atomic E-state index is 11.6. The van der Waals surface area contributed by atoms with E-state index in [1.807, 2.05) is 24.8 Å². The van der Waals surface area contributed by atoms with E-state index >= 15 is 0 Å². The molecule has 0 unspecified atom stereocenters. The van der Waals surface area contributed by atoms with E-state index < -0.39 is 0 Å². The standard InChI is InChI=1S/C13H19NO2S/c1-10-6-7-12(16-10)13(15)14-8-9-17-11-4-2-3-5-11/h6-7,11H,2-5,8-9H2,1H3,(H,14,15). The first-order chi connectivity index (χ1) is 8.25. The largest absolute Gasteiger partial charge is 0.456 e. The molecule has 0 bridgehead atoms. The molecule has 17 heavy (non-hydrogen) atoms. The van der Waals surface area contributed by atoms with Gasteiger partial charge in [-0.15, -0.1) is 0 Å². The molecule has 0 aliphatic heterocycles. The van der Waals surface area contributed by atoms with E-state index in [9.17, 15) is 4.79 Å². The molecule has 1 aromatic heterocycles. The molecule has 0 spiro atoms. The number of furan rings is 1. The van der Waals surface area contributed by atoms with Crippen molar-refractivity contribution < 1.29 is 9.21 Å². The number of nitrogens with one attached hydrogen (secondary N) is 1. The van der Waals surface area contributed by atoms with Crippen LogP contribution in [0.5, 0.6) is 0 Å². The van der Waals surface area contributed by atoms with Gasteiger partial charge in [0, 0.05) is 17.5 Å². The van der Waals surface area contributed by atoms with Crippen LogP contribution in [0.4, 0.5) is 0 Å². The monoisotopic (exact) mass is 253 g/mol. The van der Waals surface area contributed by atoms with Crippen LogP contribution in [0.15, 0.2) is 16.5 Å². The molecular formula is C13H19NO2S. The molecule has 1 saturated carbocycles. The lowest BCUT2D eigenvalue weighted by molar-refractivity contribution is 0.0927. The van der Waals surface area contributed by atoms with E-state index in [1.54, 1.807) is 6.07 Å². The summed E-state index contributed by atoms with van der Waals surface area (Å²) in [6.07, 6.45) is 5.43. The van der Waals surface area contributed by atoms with E-state index in [-0.39, 0.29) is 5.91 Å². The number of carbonyl (C=O) groups is 1. The summed E-state index contributed by atoms with van der Waals surface area (Å²) in [4.78, 5) is 11.6. The van der Waals surface area contributed by atoms with Gasteiger partial charge in [-0.2, -0.15) is 11.8 Å². The smallest absolute Gasteiger partial charge is 0.287 e. The van der Waals surface area contributed by atoms with Gasteiger partial charge in [-0.1, -0.05) is 12.8 Å². The zero-order valence-electron chi connectivity index (χ0n) is 10.2. The molecule has 4 heteroatoms. The van der Waals surface area contributed by atoms with Crippen LogP contribution >= 0.6 is 11.8 Å². The zero-order valence-corrected chi connectivity index (χ0v) is 11.0. The quantitative estimate of drug-likeness (QED) is 0.820. The molecule has 1 aromatic rings. The highest BCUT2D eigenvalue weighted by molar-refractivity contribution is 7.99. The minimum Gasteiger partial charge on any atom is -0.456 e. The molecule has 2 rings (SSSR count). The molecule has 1 fully saturated rings. The van der Waals surface area contributed by atoms with Gasteiger partial charge in [0.05, 0.1) is 0 Å². The summed E-state index contributed by atoms with van der Waals surface area (Å²) in [5.41, 5.74) is 0. The van der Waals surface area contributed by atoms with Crippen LogP contribution in [0.3, 0.4) is 0 Å². The minimum atomic E-state index is -0.106. The predicted molar refractivity (Wildman–Crippen MR) is 70.5 cm³/mol. The summed E-state index contributed by atoms with van der Waals surface area (Å²) in [7, 11) is 0. The average molecular weight is 253 g/mol. The first kappa shape index (κ1) is 12.6. The Balaban J connectivity index is 1.63. The van der Waals surface area contributed by atoms with Crippen molar-refractivity contribution in [2.45, 2.75) is 37.9 Å². The van der Waals surface area contributed by atoms with E-state index in [2.05, 4.69) is 5.32 Å². The van der Waals surface area contributed by atoms with Crippen molar-refractivity contribution in [1.82, 2.24) is 5.32 Å². The highest BCUT2D eigenvalue weighted by atomic mass is 32.2. The highest BCUT2D eigenvalue weighted by Gasteiger charge is 2.15. The Labute approximate surface area is 106 Å². The van der Waals surface area contributed by atoms with E-state index in [0.29, 0.717) is 5.76 Å². The lowest BCUT2D eigenvalue weighted by Crippen LogP contribution is -2.25. The number of aryl methyl sites for hydroxylation is 1. The van der Waals surface area contributed by atoms with Gasteiger partial charge in [-0.05, 0) is 31.9 Å². The predicted octanol–water partition coefficient (Wildman–Crippen LogP) is 2.99. The van der Waals surface area contributed by atoms with Crippen molar-refractivity contribution >= 4 is 17.7 Å². The number of amides is 1.